The van der Waals surface area contributed by atoms with E-state index in [9.17, 15) is 19.2 Å². The smallest absolute Gasteiger partial charge is 0.316 e. The van der Waals surface area contributed by atoms with Crippen LogP contribution in [0.4, 0.5) is 5.69 Å². The van der Waals surface area contributed by atoms with Crippen molar-refractivity contribution in [3.05, 3.63) is 60.2 Å². The van der Waals surface area contributed by atoms with Crippen LogP contribution in [0.15, 0.2) is 54.6 Å². The number of esters is 1. The standard InChI is InChI=1S/C22H20N2O5/c25-19-10-11-20(26)24(19)17-6-8-18(9-7-17)29-22(28)16-12-21(27)23(14-16)13-15-4-2-1-3-5-15/h1-9,16H,10-14H2/t16-/m1/s1. The number of amides is 3. The molecular weight excluding hydrogens is 372 g/mol. The van der Waals surface area contributed by atoms with E-state index in [0.717, 1.165) is 10.5 Å². The summed E-state index contributed by atoms with van der Waals surface area (Å²) < 4.78 is 5.41. The fourth-order valence-electron chi connectivity index (χ4n) is 3.61. The van der Waals surface area contributed by atoms with Crippen molar-refractivity contribution >= 4 is 29.4 Å². The Morgan fingerprint density at radius 3 is 2.21 bits per heavy atom. The molecule has 2 aliphatic rings. The molecule has 0 unspecified atom stereocenters. The first-order chi connectivity index (χ1) is 14.0. The van der Waals surface area contributed by atoms with E-state index in [1.807, 2.05) is 30.3 Å². The number of carbonyl (C=O) groups excluding carboxylic acids is 4. The zero-order valence-corrected chi connectivity index (χ0v) is 15.7. The van der Waals surface area contributed by atoms with Crippen LogP contribution in [0.2, 0.25) is 0 Å². The molecule has 0 saturated carbocycles. The molecule has 1 atom stereocenters. The van der Waals surface area contributed by atoms with Crippen molar-refractivity contribution in [2.75, 3.05) is 11.4 Å². The van der Waals surface area contributed by atoms with Crippen LogP contribution < -0.4 is 9.64 Å². The Hall–Kier alpha value is -3.48. The van der Waals surface area contributed by atoms with Crippen LogP contribution in [-0.2, 0) is 25.7 Å². The Bertz CT molecular complexity index is 939. The summed E-state index contributed by atoms with van der Waals surface area (Å²) in [5.74, 6) is -1.21. The van der Waals surface area contributed by atoms with Gasteiger partial charge in [-0.05, 0) is 29.8 Å². The van der Waals surface area contributed by atoms with Gasteiger partial charge in [0.1, 0.15) is 5.75 Å². The summed E-state index contributed by atoms with van der Waals surface area (Å²) in [5.41, 5.74) is 1.47. The zero-order valence-electron chi connectivity index (χ0n) is 15.7. The van der Waals surface area contributed by atoms with Crippen molar-refractivity contribution < 1.29 is 23.9 Å². The minimum atomic E-state index is -0.521. The van der Waals surface area contributed by atoms with E-state index >= 15 is 0 Å². The van der Waals surface area contributed by atoms with Gasteiger partial charge in [0.05, 0.1) is 11.6 Å². The lowest BCUT2D eigenvalue weighted by molar-refractivity contribution is -0.139. The maximum atomic E-state index is 12.5. The molecule has 7 heteroatoms. The molecule has 2 aromatic rings. The molecule has 2 fully saturated rings. The Kier molecular flexibility index (Phi) is 5.12. The van der Waals surface area contributed by atoms with Gasteiger partial charge in [0, 0.05) is 32.4 Å². The Balaban J connectivity index is 1.36. The first-order valence-corrected chi connectivity index (χ1v) is 9.50. The van der Waals surface area contributed by atoms with E-state index in [-0.39, 0.29) is 37.0 Å². The average Bonchev–Trinajstić information content (AvgIpc) is 3.25. The van der Waals surface area contributed by atoms with E-state index < -0.39 is 11.9 Å². The normalized spacial score (nSPS) is 19.2. The second-order valence-corrected chi connectivity index (χ2v) is 7.20. The summed E-state index contributed by atoms with van der Waals surface area (Å²) in [4.78, 5) is 51.1. The third-order valence-corrected chi connectivity index (χ3v) is 5.13. The minimum Gasteiger partial charge on any atom is -0.426 e. The van der Waals surface area contributed by atoms with Crippen LogP contribution in [0.5, 0.6) is 5.75 Å². The van der Waals surface area contributed by atoms with Gasteiger partial charge in [0.25, 0.3) is 0 Å². The molecule has 3 amide bonds. The van der Waals surface area contributed by atoms with E-state index in [0.29, 0.717) is 24.5 Å². The molecule has 0 N–H and O–H groups in total. The van der Waals surface area contributed by atoms with Gasteiger partial charge in [-0.1, -0.05) is 30.3 Å². The molecule has 0 radical (unpaired) electrons. The van der Waals surface area contributed by atoms with Gasteiger partial charge >= 0.3 is 5.97 Å². The van der Waals surface area contributed by atoms with E-state index in [2.05, 4.69) is 0 Å². The topological polar surface area (TPSA) is 84.0 Å². The quantitative estimate of drug-likeness (QED) is 0.443. The van der Waals surface area contributed by atoms with Gasteiger partial charge < -0.3 is 9.64 Å². The Morgan fingerprint density at radius 2 is 1.55 bits per heavy atom. The molecule has 7 nitrogen and oxygen atoms in total. The molecule has 4 rings (SSSR count). The third kappa shape index (κ3) is 4.03. The highest BCUT2D eigenvalue weighted by molar-refractivity contribution is 6.19. The van der Waals surface area contributed by atoms with E-state index in [1.165, 1.54) is 0 Å². The lowest BCUT2D eigenvalue weighted by Crippen LogP contribution is -2.28. The van der Waals surface area contributed by atoms with Gasteiger partial charge in [0.2, 0.25) is 17.7 Å². The number of ether oxygens (including phenoxy) is 1. The minimum absolute atomic E-state index is 0.0720. The van der Waals surface area contributed by atoms with Crippen molar-refractivity contribution in [3.63, 3.8) is 0 Å². The summed E-state index contributed by atoms with van der Waals surface area (Å²) in [6, 6.07) is 15.9. The van der Waals surface area contributed by atoms with Crippen molar-refractivity contribution in [2.24, 2.45) is 5.92 Å². The number of carbonyl (C=O) groups is 4. The van der Waals surface area contributed by atoms with Crippen molar-refractivity contribution in [1.82, 2.24) is 4.90 Å². The number of rotatable bonds is 5. The summed E-state index contributed by atoms with van der Waals surface area (Å²) in [6.45, 7) is 0.789. The van der Waals surface area contributed by atoms with Gasteiger partial charge in [-0.2, -0.15) is 0 Å². The van der Waals surface area contributed by atoms with Crippen LogP contribution in [-0.4, -0.2) is 35.1 Å². The Morgan fingerprint density at radius 1 is 0.897 bits per heavy atom. The van der Waals surface area contributed by atoms with Crippen LogP contribution in [0, 0.1) is 5.92 Å². The van der Waals surface area contributed by atoms with Gasteiger partial charge in [-0.15, -0.1) is 0 Å². The lowest BCUT2D eigenvalue weighted by Gasteiger charge is -2.16. The highest BCUT2D eigenvalue weighted by Crippen LogP contribution is 2.26. The maximum Gasteiger partial charge on any atom is 0.316 e. The van der Waals surface area contributed by atoms with Gasteiger partial charge in [-0.25, -0.2) is 0 Å². The molecule has 148 valence electrons. The summed E-state index contributed by atoms with van der Waals surface area (Å²) >= 11 is 0. The first-order valence-electron chi connectivity index (χ1n) is 9.50. The maximum absolute atomic E-state index is 12.5. The number of anilines is 1. The third-order valence-electron chi connectivity index (χ3n) is 5.13. The van der Waals surface area contributed by atoms with Gasteiger partial charge in [-0.3, -0.25) is 24.1 Å². The van der Waals surface area contributed by atoms with Crippen molar-refractivity contribution in [2.45, 2.75) is 25.8 Å². The molecule has 2 saturated heterocycles. The number of likely N-dealkylation sites (tertiary alicyclic amines) is 1. The zero-order chi connectivity index (χ0) is 20.4. The highest BCUT2D eigenvalue weighted by atomic mass is 16.5. The summed E-state index contributed by atoms with van der Waals surface area (Å²) in [5, 5.41) is 0. The average molecular weight is 392 g/mol. The molecule has 2 heterocycles. The van der Waals surface area contributed by atoms with Crippen LogP contribution in [0.25, 0.3) is 0 Å². The largest absolute Gasteiger partial charge is 0.426 e. The number of hydrogen-bond donors (Lipinski definition) is 0. The molecule has 0 spiro atoms. The van der Waals surface area contributed by atoms with E-state index in [4.69, 9.17) is 4.74 Å². The Labute approximate surface area is 167 Å². The number of hydrogen-bond acceptors (Lipinski definition) is 5. The highest BCUT2D eigenvalue weighted by Gasteiger charge is 2.35. The molecule has 2 aliphatic heterocycles. The molecule has 29 heavy (non-hydrogen) atoms. The van der Waals surface area contributed by atoms with Crippen LogP contribution in [0.3, 0.4) is 0 Å². The lowest BCUT2D eigenvalue weighted by atomic mass is 10.1. The molecule has 0 bridgehead atoms. The molecule has 0 aliphatic carbocycles. The van der Waals surface area contributed by atoms with Crippen LogP contribution >= 0.6 is 0 Å². The number of imide groups is 1. The number of benzene rings is 2. The fraction of sp³-hybridized carbons (Fsp3) is 0.273. The molecular formula is C22H20N2O5. The van der Waals surface area contributed by atoms with E-state index in [1.54, 1.807) is 29.2 Å². The van der Waals surface area contributed by atoms with Gasteiger partial charge in [0.15, 0.2) is 0 Å². The summed E-state index contributed by atoms with van der Waals surface area (Å²) in [7, 11) is 0. The number of nitrogens with zero attached hydrogens (tertiary/aromatic N) is 2. The fourth-order valence-corrected chi connectivity index (χ4v) is 3.61. The SMILES string of the molecule is O=C(Oc1ccc(N2C(=O)CCC2=O)cc1)[C@@H]1CC(=O)N(Cc2ccccc2)C1. The second-order valence-electron chi connectivity index (χ2n) is 7.20. The van der Waals surface area contributed by atoms with Crippen molar-refractivity contribution in [3.8, 4) is 5.75 Å². The molecule has 0 aromatic heterocycles. The molecule has 2 aromatic carbocycles. The predicted octanol–water partition coefficient (Wildman–Crippen LogP) is 2.29. The first kappa shape index (κ1) is 18.9. The monoisotopic (exact) mass is 392 g/mol. The van der Waals surface area contributed by atoms with Crippen molar-refractivity contribution in [1.29, 1.82) is 0 Å². The summed E-state index contributed by atoms with van der Waals surface area (Å²) in [6.07, 6.45) is 0.552. The second kappa shape index (κ2) is 7.87. The van der Waals surface area contributed by atoms with Crippen LogP contribution in [0.1, 0.15) is 24.8 Å². The predicted molar refractivity (Wildman–Crippen MR) is 104 cm³/mol.